The van der Waals surface area contributed by atoms with Gasteiger partial charge in [0.05, 0.1) is 11.3 Å². The second-order valence-corrected chi connectivity index (χ2v) is 4.94. The van der Waals surface area contributed by atoms with E-state index in [0.29, 0.717) is 16.8 Å². The second-order valence-electron chi connectivity index (χ2n) is 4.50. The SMILES string of the molecule is Cc1cncc(C(=O)N(C)c2ccccc2C(N)=S)c1. The molecular formula is C15H15N3OS. The standard InChI is InChI=1S/C15H15N3OS/c1-10-7-11(9-17-8-10)15(19)18(2)13-6-4-3-5-12(13)14(16)20/h3-9H,1-2H3,(H2,16,20). The van der Waals surface area contributed by atoms with E-state index in [4.69, 9.17) is 18.0 Å². The second kappa shape index (κ2) is 5.79. The van der Waals surface area contributed by atoms with Crippen LogP contribution in [0.25, 0.3) is 0 Å². The molecule has 0 fully saturated rings. The number of thiocarbonyl (C=S) groups is 1. The molecule has 0 radical (unpaired) electrons. The van der Waals surface area contributed by atoms with Gasteiger partial charge in [0.1, 0.15) is 4.99 Å². The van der Waals surface area contributed by atoms with Crippen LogP contribution in [0.2, 0.25) is 0 Å². The zero-order valence-corrected chi connectivity index (χ0v) is 12.1. The highest BCUT2D eigenvalue weighted by Crippen LogP contribution is 2.21. The van der Waals surface area contributed by atoms with E-state index in [2.05, 4.69) is 4.98 Å². The summed E-state index contributed by atoms with van der Waals surface area (Å²) >= 11 is 5.02. The quantitative estimate of drug-likeness (QED) is 0.879. The molecule has 1 aromatic heterocycles. The minimum absolute atomic E-state index is 0.148. The fraction of sp³-hybridized carbons (Fsp3) is 0.133. The number of aromatic nitrogens is 1. The van der Waals surface area contributed by atoms with E-state index >= 15 is 0 Å². The number of nitrogens with zero attached hydrogens (tertiary/aromatic N) is 2. The summed E-state index contributed by atoms with van der Waals surface area (Å²) < 4.78 is 0. The van der Waals surface area contributed by atoms with Crippen molar-refractivity contribution in [2.24, 2.45) is 5.73 Å². The molecule has 102 valence electrons. The first-order valence-corrected chi connectivity index (χ1v) is 6.50. The first-order chi connectivity index (χ1) is 9.50. The molecule has 1 heterocycles. The third kappa shape index (κ3) is 2.83. The Bertz CT molecular complexity index is 670. The molecule has 0 spiro atoms. The predicted molar refractivity (Wildman–Crippen MR) is 84.0 cm³/mol. The van der Waals surface area contributed by atoms with E-state index in [9.17, 15) is 4.79 Å². The summed E-state index contributed by atoms with van der Waals surface area (Å²) in [5.74, 6) is -0.148. The van der Waals surface area contributed by atoms with Crippen LogP contribution >= 0.6 is 12.2 Å². The van der Waals surface area contributed by atoms with Gasteiger partial charge in [-0.15, -0.1) is 0 Å². The Balaban J connectivity index is 2.39. The number of hydrogen-bond acceptors (Lipinski definition) is 3. The Morgan fingerprint density at radius 1 is 1.30 bits per heavy atom. The van der Waals surface area contributed by atoms with Crippen LogP contribution < -0.4 is 10.6 Å². The number of pyridine rings is 1. The first-order valence-electron chi connectivity index (χ1n) is 6.09. The van der Waals surface area contributed by atoms with Crippen LogP contribution in [0.3, 0.4) is 0 Å². The Labute approximate surface area is 123 Å². The van der Waals surface area contributed by atoms with Gasteiger partial charge in [0.15, 0.2) is 0 Å². The third-order valence-electron chi connectivity index (χ3n) is 2.96. The monoisotopic (exact) mass is 285 g/mol. The Morgan fingerprint density at radius 3 is 2.65 bits per heavy atom. The molecule has 2 rings (SSSR count). The number of hydrogen-bond donors (Lipinski definition) is 1. The molecule has 0 atom stereocenters. The molecule has 5 heteroatoms. The van der Waals surface area contributed by atoms with Crippen LogP contribution in [0.4, 0.5) is 5.69 Å². The summed E-state index contributed by atoms with van der Waals surface area (Å²) in [6.45, 7) is 1.90. The zero-order chi connectivity index (χ0) is 14.7. The molecule has 0 aliphatic carbocycles. The number of nitrogens with two attached hydrogens (primary N) is 1. The molecule has 20 heavy (non-hydrogen) atoms. The van der Waals surface area contributed by atoms with Crippen LogP contribution in [-0.2, 0) is 0 Å². The molecule has 0 saturated heterocycles. The van der Waals surface area contributed by atoms with Crippen LogP contribution in [-0.4, -0.2) is 22.9 Å². The molecule has 0 aliphatic rings. The molecular weight excluding hydrogens is 270 g/mol. The van der Waals surface area contributed by atoms with Crippen molar-refractivity contribution >= 4 is 28.8 Å². The molecule has 2 N–H and O–H groups in total. The van der Waals surface area contributed by atoms with E-state index in [1.807, 2.05) is 25.1 Å². The smallest absolute Gasteiger partial charge is 0.259 e. The average Bonchev–Trinajstić information content (AvgIpc) is 2.45. The van der Waals surface area contributed by atoms with E-state index < -0.39 is 0 Å². The van der Waals surface area contributed by atoms with Crippen molar-refractivity contribution in [3.8, 4) is 0 Å². The van der Waals surface area contributed by atoms with Crippen molar-refractivity contribution in [1.29, 1.82) is 0 Å². The van der Waals surface area contributed by atoms with Crippen LogP contribution in [0.1, 0.15) is 21.5 Å². The first kappa shape index (κ1) is 14.1. The summed E-state index contributed by atoms with van der Waals surface area (Å²) in [5, 5.41) is 0. The number of benzene rings is 1. The Hall–Kier alpha value is -2.27. The highest BCUT2D eigenvalue weighted by molar-refractivity contribution is 7.80. The van der Waals surface area contributed by atoms with Crippen LogP contribution in [0.5, 0.6) is 0 Å². The van der Waals surface area contributed by atoms with Gasteiger partial charge < -0.3 is 10.6 Å². The minimum atomic E-state index is -0.148. The lowest BCUT2D eigenvalue weighted by Gasteiger charge is -2.20. The lowest BCUT2D eigenvalue weighted by molar-refractivity contribution is 0.0992. The minimum Gasteiger partial charge on any atom is -0.389 e. The summed E-state index contributed by atoms with van der Waals surface area (Å²) in [6, 6.07) is 9.10. The Kier molecular flexibility index (Phi) is 4.10. The van der Waals surface area contributed by atoms with Gasteiger partial charge in [0.25, 0.3) is 5.91 Å². The normalized spacial score (nSPS) is 10.1. The number of carbonyl (C=O) groups excluding carboxylic acids is 1. The van der Waals surface area contributed by atoms with E-state index in [0.717, 1.165) is 5.56 Å². The summed E-state index contributed by atoms with van der Waals surface area (Å²) in [6.07, 6.45) is 3.26. The van der Waals surface area contributed by atoms with E-state index in [-0.39, 0.29) is 10.9 Å². The fourth-order valence-corrected chi connectivity index (χ4v) is 2.12. The van der Waals surface area contributed by atoms with Gasteiger partial charge in [-0.3, -0.25) is 9.78 Å². The fourth-order valence-electron chi connectivity index (χ4n) is 1.95. The highest BCUT2D eigenvalue weighted by atomic mass is 32.1. The largest absolute Gasteiger partial charge is 0.389 e. The predicted octanol–water partition coefficient (Wildman–Crippen LogP) is 2.30. The van der Waals surface area contributed by atoms with E-state index in [1.54, 1.807) is 31.6 Å². The summed E-state index contributed by atoms with van der Waals surface area (Å²) in [5.41, 5.74) is 8.53. The maximum Gasteiger partial charge on any atom is 0.259 e. The molecule has 1 aromatic carbocycles. The van der Waals surface area contributed by atoms with Crippen molar-refractivity contribution in [3.05, 3.63) is 59.4 Å². The van der Waals surface area contributed by atoms with E-state index in [1.165, 1.54) is 4.90 Å². The molecule has 0 saturated carbocycles. The van der Waals surface area contributed by atoms with Gasteiger partial charge in [0.2, 0.25) is 0 Å². The van der Waals surface area contributed by atoms with Crippen molar-refractivity contribution < 1.29 is 4.79 Å². The zero-order valence-electron chi connectivity index (χ0n) is 11.3. The van der Waals surface area contributed by atoms with Crippen LogP contribution in [0.15, 0.2) is 42.7 Å². The maximum absolute atomic E-state index is 12.5. The maximum atomic E-state index is 12.5. The van der Waals surface area contributed by atoms with Crippen molar-refractivity contribution in [1.82, 2.24) is 4.98 Å². The van der Waals surface area contributed by atoms with Gasteiger partial charge in [-0.2, -0.15) is 0 Å². The molecule has 1 amide bonds. The molecule has 0 bridgehead atoms. The number of rotatable bonds is 3. The lowest BCUT2D eigenvalue weighted by Crippen LogP contribution is -2.28. The summed E-state index contributed by atoms with van der Waals surface area (Å²) in [7, 11) is 1.70. The molecule has 4 nitrogen and oxygen atoms in total. The average molecular weight is 285 g/mol. The van der Waals surface area contributed by atoms with Gasteiger partial charge in [-0.05, 0) is 30.7 Å². The molecule has 0 unspecified atom stereocenters. The topological polar surface area (TPSA) is 59.2 Å². The molecule has 0 aliphatic heterocycles. The molecule has 2 aromatic rings. The van der Waals surface area contributed by atoms with Crippen molar-refractivity contribution in [2.75, 3.05) is 11.9 Å². The van der Waals surface area contributed by atoms with Gasteiger partial charge in [-0.1, -0.05) is 24.4 Å². The third-order valence-corrected chi connectivity index (χ3v) is 3.18. The number of amides is 1. The van der Waals surface area contributed by atoms with Crippen molar-refractivity contribution in [2.45, 2.75) is 6.92 Å². The number of aryl methyl sites for hydroxylation is 1. The summed E-state index contributed by atoms with van der Waals surface area (Å²) in [4.78, 5) is 18.3. The number of carbonyl (C=O) groups is 1. The van der Waals surface area contributed by atoms with Crippen molar-refractivity contribution in [3.63, 3.8) is 0 Å². The number of para-hydroxylation sites is 1. The van der Waals surface area contributed by atoms with Gasteiger partial charge in [-0.25, -0.2) is 0 Å². The lowest BCUT2D eigenvalue weighted by atomic mass is 10.1. The van der Waals surface area contributed by atoms with Crippen LogP contribution in [0, 0.1) is 6.92 Å². The highest BCUT2D eigenvalue weighted by Gasteiger charge is 2.17. The Morgan fingerprint density at radius 2 is 2.00 bits per heavy atom. The number of anilines is 1. The van der Waals surface area contributed by atoms with Gasteiger partial charge >= 0.3 is 0 Å². The van der Waals surface area contributed by atoms with Gasteiger partial charge in [0, 0.05) is 25.0 Å².